The Morgan fingerprint density at radius 1 is 1.28 bits per heavy atom. The Labute approximate surface area is 113 Å². The maximum atomic E-state index is 6.21. The van der Waals surface area contributed by atoms with Crippen molar-refractivity contribution in [1.29, 1.82) is 0 Å². The second-order valence-electron chi connectivity index (χ2n) is 5.54. The standard InChI is InChI=1S/C14H20ClN3/c15-11-6-7-14(16)17-12(11)9-18-8-2-4-10-3-1-5-13(10)18/h6-7,10,13H,1-5,8-9H2,(H2,16,17). The van der Waals surface area contributed by atoms with Crippen molar-refractivity contribution in [3.8, 4) is 0 Å². The highest BCUT2D eigenvalue weighted by molar-refractivity contribution is 6.31. The number of hydrogen-bond donors (Lipinski definition) is 1. The number of piperidine rings is 1. The quantitative estimate of drug-likeness (QED) is 0.894. The Bertz CT molecular complexity index is 435. The summed E-state index contributed by atoms with van der Waals surface area (Å²) in [6.45, 7) is 2.03. The molecule has 3 nitrogen and oxygen atoms in total. The minimum Gasteiger partial charge on any atom is -0.384 e. The summed E-state index contributed by atoms with van der Waals surface area (Å²) in [4.78, 5) is 6.95. The average molecular weight is 266 g/mol. The molecule has 1 saturated carbocycles. The van der Waals surface area contributed by atoms with E-state index in [1.165, 1.54) is 38.6 Å². The van der Waals surface area contributed by atoms with Crippen molar-refractivity contribution in [3.63, 3.8) is 0 Å². The summed E-state index contributed by atoms with van der Waals surface area (Å²) in [5.41, 5.74) is 6.69. The molecule has 0 amide bonds. The van der Waals surface area contributed by atoms with Crippen molar-refractivity contribution in [2.75, 3.05) is 12.3 Å². The van der Waals surface area contributed by atoms with Gasteiger partial charge in [-0.05, 0) is 50.3 Å². The minimum absolute atomic E-state index is 0.564. The zero-order valence-corrected chi connectivity index (χ0v) is 11.4. The smallest absolute Gasteiger partial charge is 0.123 e. The minimum atomic E-state index is 0.564. The van der Waals surface area contributed by atoms with Crippen LogP contribution in [-0.4, -0.2) is 22.5 Å². The number of likely N-dealkylation sites (tertiary alicyclic amines) is 1. The van der Waals surface area contributed by atoms with Gasteiger partial charge in [-0.25, -0.2) is 4.98 Å². The molecular formula is C14H20ClN3. The fourth-order valence-corrected chi connectivity index (χ4v) is 3.72. The van der Waals surface area contributed by atoms with Gasteiger partial charge in [0.05, 0.1) is 10.7 Å². The fourth-order valence-electron chi connectivity index (χ4n) is 3.56. The maximum Gasteiger partial charge on any atom is 0.123 e. The van der Waals surface area contributed by atoms with E-state index in [0.29, 0.717) is 5.82 Å². The molecule has 1 aliphatic carbocycles. The van der Waals surface area contributed by atoms with Crippen LogP contribution < -0.4 is 5.73 Å². The molecule has 4 heteroatoms. The third kappa shape index (κ3) is 2.34. The summed E-state index contributed by atoms with van der Waals surface area (Å²) in [6, 6.07) is 4.37. The summed E-state index contributed by atoms with van der Waals surface area (Å²) < 4.78 is 0. The molecule has 0 bridgehead atoms. The van der Waals surface area contributed by atoms with Crippen LogP contribution in [0.1, 0.15) is 37.8 Å². The number of anilines is 1. The predicted octanol–water partition coefficient (Wildman–Crippen LogP) is 3.08. The molecule has 2 fully saturated rings. The normalized spacial score (nSPS) is 28.3. The van der Waals surface area contributed by atoms with Crippen molar-refractivity contribution in [2.24, 2.45) is 5.92 Å². The van der Waals surface area contributed by atoms with E-state index in [9.17, 15) is 0 Å². The van der Waals surface area contributed by atoms with E-state index in [-0.39, 0.29) is 0 Å². The van der Waals surface area contributed by atoms with Crippen molar-refractivity contribution >= 4 is 17.4 Å². The van der Waals surface area contributed by atoms with Crippen LogP contribution in [0.25, 0.3) is 0 Å². The lowest BCUT2D eigenvalue weighted by molar-refractivity contribution is 0.104. The van der Waals surface area contributed by atoms with Gasteiger partial charge in [0.1, 0.15) is 5.82 Å². The molecule has 2 atom stereocenters. The molecule has 2 aliphatic rings. The summed E-state index contributed by atoms with van der Waals surface area (Å²) in [6.07, 6.45) is 6.83. The number of aromatic nitrogens is 1. The Morgan fingerprint density at radius 2 is 2.11 bits per heavy atom. The van der Waals surface area contributed by atoms with Crippen LogP contribution >= 0.6 is 11.6 Å². The first-order chi connectivity index (χ1) is 8.74. The number of nitrogen functional groups attached to an aromatic ring is 1. The number of nitrogens with zero attached hydrogens (tertiary/aromatic N) is 2. The highest BCUT2D eigenvalue weighted by Crippen LogP contribution is 2.37. The molecule has 18 heavy (non-hydrogen) atoms. The van der Waals surface area contributed by atoms with Crippen molar-refractivity contribution < 1.29 is 0 Å². The van der Waals surface area contributed by atoms with Gasteiger partial charge in [0.2, 0.25) is 0 Å². The Hall–Kier alpha value is -0.800. The van der Waals surface area contributed by atoms with E-state index in [4.69, 9.17) is 17.3 Å². The van der Waals surface area contributed by atoms with E-state index in [1.807, 2.05) is 6.07 Å². The van der Waals surface area contributed by atoms with Gasteiger partial charge in [-0.1, -0.05) is 18.0 Å². The number of rotatable bonds is 2. The number of pyridine rings is 1. The largest absolute Gasteiger partial charge is 0.384 e. The van der Waals surface area contributed by atoms with E-state index < -0.39 is 0 Å². The lowest BCUT2D eigenvalue weighted by atomic mass is 9.92. The van der Waals surface area contributed by atoms with Crippen molar-refractivity contribution in [1.82, 2.24) is 9.88 Å². The molecule has 1 aliphatic heterocycles. The monoisotopic (exact) mass is 265 g/mol. The second kappa shape index (κ2) is 5.06. The molecule has 1 aromatic rings. The van der Waals surface area contributed by atoms with Crippen molar-refractivity contribution in [3.05, 3.63) is 22.8 Å². The Morgan fingerprint density at radius 3 is 3.00 bits per heavy atom. The first-order valence-electron chi connectivity index (χ1n) is 6.89. The molecule has 2 unspecified atom stereocenters. The van der Waals surface area contributed by atoms with Crippen LogP contribution in [0.4, 0.5) is 5.82 Å². The third-order valence-corrected chi connectivity index (χ3v) is 4.75. The highest BCUT2D eigenvalue weighted by atomic mass is 35.5. The van der Waals surface area contributed by atoms with Gasteiger partial charge in [-0.15, -0.1) is 0 Å². The maximum absolute atomic E-state index is 6.21. The Kier molecular flexibility index (Phi) is 3.44. The van der Waals surface area contributed by atoms with Gasteiger partial charge in [0, 0.05) is 12.6 Å². The van der Waals surface area contributed by atoms with Crippen LogP contribution in [0.15, 0.2) is 12.1 Å². The lowest BCUT2D eigenvalue weighted by Gasteiger charge is -2.37. The van der Waals surface area contributed by atoms with Gasteiger partial charge >= 0.3 is 0 Å². The van der Waals surface area contributed by atoms with Gasteiger partial charge < -0.3 is 5.73 Å². The third-order valence-electron chi connectivity index (χ3n) is 4.40. The van der Waals surface area contributed by atoms with Crippen LogP contribution in [0.2, 0.25) is 5.02 Å². The van der Waals surface area contributed by atoms with E-state index in [2.05, 4.69) is 9.88 Å². The Balaban J connectivity index is 1.77. The second-order valence-corrected chi connectivity index (χ2v) is 5.94. The molecule has 98 valence electrons. The number of fused-ring (bicyclic) bond motifs is 1. The van der Waals surface area contributed by atoms with Crippen LogP contribution in [0, 0.1) is 5.92 Å². The average Bonchev–Trinajstić information content (AvgIpc) is 2.83. The summed E-state index contributed by atoms with van der Waals surface area (Å²) >= 11 is 6.21. The SMILES string of the molecule is Nc1ccc(Cl)c(CN2CCCC3CCCC32)n1. The highest BCUT2D eigenvalue weighted by Gasteiger charge is 2.35. The number of halogens is 1. The molecular weight excluding hydrogens is 246 g/mol. The summed E-state index contributed by atoms with van der Waals surface area (Å²) in [7, 11) is 0. The summed E-state index contributed by atoms with van der Waals surface area (Å²) in [5.74, 6) is 1.47. The molecule has 0 spiro atoms. The molecule has 1 aromatic heterocycles. The van der Waals surface area contributed by atoms with Crippen LogP contribution in [-0.2, 0) is 6.54 Å². The lowest BCUT2D eigenvalue weighted by Crippen LogP contribution is -2.42. The molecule has 0 aromatic carbocycles. The molecule has 1 saturated heterocycles. The molecule has 3 rings (SSSR count). The first-order valence-corrected chi connectivity index (χ1v) is 7.27. The summed E-state index contributed by atoms with van der Waals surface area (Å²) in [5, 5.41) is 0.740. The predicted molar refractivity (Wildman–Crippen MR) is 74.4 cm³/mol. The van der Waals surface area contributed by atoms with Gasteiger partial charge in [0.25, 0.3) is 0 Å². The fraction of sp³-hybridized carbons (Fsp3) is 0.643. The zero-order chi connectivity index (χ0) is 12.5. The van der Waals surface area contributed by atoms with Crippen molar-refractivity contribution in [2.45, 2.75) is 44.7 Å². The van der Waals surface area contributed by atoms with Crippen LogP contribution in [0.5, 0.6) is 0 Å². The van der Waals surface area contributed by atoms with E-state index in [1.54, 1.807) is 6.07 Å². The van der Waals surface area contributed by atoms with Gasteiger partial charge in [-0.2, -0.15) is 0 Å². The van der Waals surface area contributed by atoms with E-state index >= 15 is 0 Å². The molecule has 2 heterocycles. The van der Waals surface area contributed by atoms with E-state index in [0.717, 1.165) is 29.2 Å². The zero-order valence-electron chi connectivity index (χ0n) is 10.6. The number of hydrogen-bond acceptors (Lipinski definition) is 3. The topological polar surface area (TPSA) is 42.1 Å². The van der Waals surface area contributed by atoms with Crippen LogP contribution in [0.3, 0.4) is 0 Å². The molecule has 2 N–H and O–H groups in total. The first kappa shape index (κ1) is 12.2. The van der Waals surface area contributed by atoms with Gasteiger partial charge in [-0.3, -0.25) is 4.90 Å². The van der Waals surface area contributed by atoms with Gasteiger partial charge in [0.15, 0.2) is 0 Å². The number of nitrogens with two attached hydrogens (primary N) is 1. The molecule has 0 radical (unpaired) electrons.